The number of fused-ring (bicyclic) bond motifs is 1. The third kappa shape index (κ3) is 4.16. The van der Waals surface area contributed by atoms with Crippen LogP contribution in [-0.4, -0.2) is 60.6 Å². The molecule has 3 heterocycles. The molecule has 2 saturated heterocycles. The molecule has 1 aromatic carbocycles. The summed E-state index contributed by atoms with van der Waals surface area (Å²) in [6, 6.07) is 5.63. The van der Waals surface area contributed by atoms with E-state index in [-0.39, 0.29) is 42.8 Å². The number of ether oxygens (including phenoxy) is 3. The van der Waals surface area contributed by atoms with Crippen LogP contribution < -0.4 is 9.47 Å². The molecule has 0 N–H and O–H groups in total. The van der Waals surface area contributed by atoms with Gasteiger partial charge >= 0.3 is 5.97 Å². The zero-order valence-corrected chi connectivity index (χ0v) is 16.6. The normalized spacial score (nSPS) is 21.6. The Balaban J connectivity index is 1.31. The summed E-state index contributed by atoms with van der Waals surface area (Å²) in [6.07, 6.45) is 1.47. The van der Waals surface area contributed by atoms with Crippen molar-refractivity contribution in [1.29, 1.82) is 0 Å². The van der Waals surface area contributed by atoms with Crippen LogP contribution in [0, 0.1) is 11.8 Å². The van der Waals surface area contributed by atoms with Crippen molar-refractivity contribution in [3.63, 3.8) is 0 Å². The monoisotopic (exact) mass is 402 g/mol. The predicted octanol–water partition coefficient (Wildman–Crippen LogP) is 1.57. The third-order valence-corrected chi connectivity index (χ3v) is 5.80. The molecule has 8 heteroatoms. The molecule has 1 unspecified atom stereocenters. The first kappa shape index (κ1) is 19.5. The molecule has 0 saturated carbocycles. The molecule has 4 rings (SSSR count). The number of esters is 1. The van der Waals surface area contributed by atoms with Crippen LogP contribution in [0.5, 0.6) is 11.5 Å². The maximum Gasteiger partial charge on any atom is 0.309 e. The first-order valence-electron chi connectivity index (χ1n) is 10.2. The first-order valence-corrected chi connectivity index (χ1v) is 10.2. The van der Waals surface area contributed by atoms with Crippen molar-refractivity contribution < 1.29 is 28.6 Å². The Labute approximate surface area is 169 Å². The zero-order chi connectivity index (χ0) is 20.4. The van der Waals surface area contributed by atoms with E-state index in [4.69, 9.17) is 14.2 Å². The van der Waals surface area contributed by atoms with E-state index in [1.54, 1.807) is 16.7 Å². The van der Waals surface area contributed by atoms with Crippen LogP contribution in [0.3, 0.4) is 0 Å². The Morgan fingerprint density at radius 3 is 2.66 bits per heavy atom. The Morgan fingerprint density at radius 2 is 1.90 bits per heavy atom. The lowest BCUT2D eigenvalue weighted by atomic mass is 9.95. The number of hydrogen-bond donors (Lipinski definition) is 0. The van der Waals surface area contributed by atoms with Crippen LogP contribution in [0.1, 0.15) is 31.7 Å². The highest BCUT2D eigenvalue weighted by Gasteiger charge is 2.38. The molecule has 1 aromatic rings. The standard InChI is InChI=1S/C21H26N2O6/c1-2-27-21(26)15-5-7-22(8-6-15)20(25)16-10-19(24)23(12-16)11-14-3-4-17-18(9-14)29-13-28-17/h3-4,9,15-16H,2,5-8,10-13H2,1H3. The van der Waals surface area contributed by atoms with Gasteiger partial charge in [-0.25, -0.2) is 0 Å². The van der Waals surface area contributed by atoms with E-state index in [1.807, 2.05) is 18.2 Å². The van der Waals surface area contributed by atoms with Crippen LogP contribution in [0.25, 0.3) is 0 Å². The molecule has 0 spiro atoms. The van der Waals surface area contributed by atoms with Crippen LogP contribution in [-0.2, 0) is 25.7 Å². The second-order valence-corrected chi connectivity index (χ2v) is 7.71. The van der Waals surface area contributed by atoms with Gasteiger partial charge in [0.15, 0.2) is 11.5 Å². The first-order chi connectivity index (χ1) is 14.0. The quantitative estimate of drug-likeness (QED) is 0.695. The van der Waals surface area contributed by atoms with Gasteiger partial charge in [-0.2, -0.15) is 0 Å². The van der Waals surface area contributed by atoms with Crippen molar-refractivity contribution in [3.05, 3.63) is 23.8 Å². The highest BCUT2D eigenvalue weighted by atomic mass is 16.7. The van der Waals surface area contributed by atoms with Crippen LogP contribution >= 0.6 is 0 Å². The number of benzene rings is 1. The minimum Gasteiger partial charge on any atom is -0.466 e. The summed E-state index contributed by atoms with van der Waals surface area (Å²) in [5.41, 5.74) is 0.950. The molecular formula is C21H26N2O6. The molecule has 1 atom stereocenters. The molecule has 2 amide bonds. The summed E-state index contributed by atoms with van der Waals surface area (Å²) >= 11 is 0. The maximum absolute atomic E-state index is 12.9. The SMILES string of the molecule is CCOC(=O)C1CCN(C(=O)C2CC(=O)N(Cc3ccc4c(c3)OCO4)C2)CC1. The fourth-order valence-corrected chi connectivity index (χ4v) is 4.20. The zero-order valence-electron chi connectivity index (χ0n) is 16.6. The summed E-state index contributed by atoms with van der Waals surface area (Å²) in [6.45, 7) is 4.33. The Hall–Kier alpha value is -2.77. The van der Waals surface area contributed by atoms with Crippen molar-refractivity contribution in [2.24, 2.45) is 11.8 Å². The Morgan fingerprint density at radius 1 is 1.14 bits per heavy atom. The fraction of sp³-hybridized carbons (Fsp3) is 0.571. The van der Waals surface area contributed by atoms with E-state index in [9.17, 15) is 14.4 Å². The molecule has 0 aliphatic carbocycles. The topological polar surface area (TPSA) is 85.4 Å². The lowest BCUT2D eigenvalue weighted by Crippen LogP contribution is -2.44. The number of carbonyl (C=O) groups excluding carboxylic acids is 3. The largest absolute Gasteiger partial charge is 0.466 e. The van der Waals surface area contributed by atoms with Crippen molar-refractivity contribution in [1.82, 2.24) is 9.80 Å². The van der Waals surface area contributed by atoms with Crippen LogP contribution in [0.15, 0.2) is 18.2 Å². The van der Waals surface area contributed by atoms with Crippen molar-refractivity contribution in [3.8, 4) is 11.5 Å². The molecule has 0 aromatic heterocycles. The lowest BCUT2D eigenvalue weighted by molar-refractivity contribution is -0.151. The molecule has 29 heavy (non-hydrogen) atoms. The van der Waals surface area contributed by atoms with Crippen molar-refractivity contribution >= 4 is 17.8 Å². The number of amides is 2. The van der Waals surface area contributed by atoms with Gasteiger partial charge in [-0.05, 0) is 37.5 Å². The summed E-state index contributed by atoms with van der Waals surface area (Å²) in [4.78, 5) is 40.7. The molecule has 8 nitrogen and oxygen atoms in total. The maximum atomic E-state index is 12.9. The van der Waals surface area contributed by atoms with Gasteiger partial charge in [0.05, 0.1) is 18.4 Å². The van der Waals surface area contributed by atoms with Gasteiger partial charge in [0.1, 0.15) is 0 Å². The number of nitrogens with zero attached hydrogens (tertiary/aromatic N) is 2. The van der Waals surface area contributed by atoms with Gasteiger partial charge in [0, 0.05) is 32.6 Å². The van der Waals surface area contributed by atoms with Crippen molar-refractivity contribution in [2.45, 2.75) is 32.7 Å². The van der Waals surface area contributed by atoms with E-state index < -0.39 is 0 Å². The minimum absolute atomic E-state index is 0.00819. The smallest absolute Gasteiger partial charge is 0.309 e. The van der Waals surface area contributed by atoms with E-state index in [0.29, 0.717) is 57.1 Å². The van der Waals surface area contributed by atoms with Gasteiger partial charge < -0.3 is 24.0 Å². The van der Waals surface area contributed by atoms with E-state index in [1.165, 1.54) is 0 Å². The average Bonchev–Trinajstić information content (AvgIpc) is 3.34. The summed E-state index contributed by atoms with van der Waals surface area (Å²) in [7, 11) is 0. The second kappa shape index (κ2) is 8.31. The molecule has 156 valence electrons. The van der Waals surface area contributed by atoms with Gasteiger partial charge in [-0.1, -0.05) is 6.07 Å². The third-order valence-electron chi connectivity index (χ3n) is 5.80. The van der Waals surface area contributed by atoms with E-state index in [0.717, 1.165) is 5.56 Å². The minimum atomic E-state index is -0.323. The summed E-state index contributed by atoms with van der Waals surface area (Å²) in [5.74, 6) is 0.760. The number of rotatable bonds is 5. The van der Waals surface area contributed by atoms with Gasteiger partial charge in [-0.15, -0.1) is 0 Å². The lowest BCUT2D eigenvalue weighted by Gasteiger charge is -2.32. The number of likely N-dealkylation sites (tertiary alicyclic amines) is 2. The van der Waals surface area contributed by atoms with Gasteiger partial charge in [0.2, 0.25) is 18.6 Å². The van der Waals surface area contributed by atoms with E-state index in [2.05, 4.69) is 0 Å². The second-order valence-electron chi connectivity index (χ2n) is 7.71. The molecule has 0 bridgehead atoms. The molecule has 3 aliphatic rings. The Bertz CT molecular complexity index is 802. The summed E-state index contributed by atoms with van der Waals surface area (Å²) < 4.78 is 15.8. The highest BCUT2D eigenvalue weighted by Crippen LogP contribution is 2.33. The molecular weight excluding hydrogens is 376 g/mol. The van der Waals surface area contributed by atoms with Gasteiger partial charge in [0.25, 0.3) is 0 Å². The molecule has 3 aliphatic heterocycles. The van der Waals surface area contributed by atoms with Crippen LogP contribution in [0.4, 0.5) is 0 Å². The van der Waals surface area contributed by atoms with Crippen molar-refractivity contribution in [2.75, 3.05) is 33.0 Å². The molecule has 2 fully saturated rings. The van der Waals surface area contributed by atoms with Gasteiger partial charge in [-0.3, -0.25) is 14.4 Å². The predicted molar refractivity (Wildman–Crippen MR) is 102 cm³/mol. The molecule has 0 radical (unpaired) electrons. The Kier molecular flexibility index (Phi) is 5.60. The number of carbonyl (C=O) groups is 3. The van der Waals surface area contributed by atoms with Crippen LogP contribution in [0.2, 0.25) is 0 Å². The average molecular weight is 402 g/mol. The number of piperidine rings is 1. The summed E-state index contributed by atoms with van der Waals surface area (Å²) in [5, 5.41) is 0. The highest BCUT2D eigenvalue weighted by molar-refractivity contribution is 5.89. The van der Waals surface area contributed by atoms with E-state index >= 15 is 0 Å². The number of hydrogen-bond acceptors (Lipinski definition) is 6. The fourth-order valence-electron chi connectivity index (χ4n) is 4.20.